The summed E-state index contributed by atoms with van der Waals surface area (Å²) < 4.78 is 0. The summed E-state index contributed by atoms with van der Waals surface area (Å²) in [5.74, 6) is -1.09. The molecule has 0 aromatic carbocycles. The molecule has 1 unspecified atom stereocenters. The van der Waals surface area contributed by atoms with Gasteiger partial charge in [0.1, 0.15) is 0 Å². The molecule has 5 heteroatoms. The van der Waals surface area contributed by atoms with E-state index < -0.39 is 5.97 Å². The predicted molar refractivity (Wildman–Crippen MR) is 61.4 cm³/mol. The van der Waals surface area contributed by atoms with Crippen molar-refractivity contribution in [2.24, 2.45) is 5.92 Å². The summed E-state index contributed by atoms with van der Waals surface area (Å²) in [6.07, 6.45) is 1.54. The third-order valence-electron chi connectivity index (χ3n) is 2.26. The normalized spacial score (nSPS) is 12.4. The molecule has 2 N–H and O–H groups in total. The van der Waals surface area contributed by atoms with Gasteiger partial charge in [-0.2, -0.15) is 0 Å². The Hall–Kier alpha value is -1.10. The second kappa shape index (κ2) is 5.70. The maximum atomic E-state index is 10.8. The van der Waals surface area contributed by atoms with Crippen LogP contribution in [0.25, 0.3) is 0 Å². The number of carboxylic acids is 1. The summed E-state index contributed by atoms with van der Waals surface area (Å²) in [6.45, 7) is 4.37. The molecule has 1 atom stereocenters. The quantitative estimate of drug-likeness (QED) is 0.783. The summed E-state index contributed by atoms with van der Waals surface area (Å²) in [4.78, 5) is 15.1. The van der Waals surface area contributed by atoms with Crippen LogP contribution < -0.4 is 5.32 Å². The number of carbonyl (C=O) groups is 1. The maximum Gasteiger partial charge on any atom is 0.308 e. The monoisotopic (exact) mass is 228 g/mol. The number of rotatable bonds is 6. The van der Waals surface area contributed by atoms with Crippen molar-refractivity contribution in [3.8, 4) is 0 Å². The SMILES string of the molecule is CCc1csc(NCC(CC)C(=O)O)n1. The van der Waals surface area contributed by atoms with Crippen LogP contribution in [0.1, 0.15) is 26.0 Å². The first-order valence-corrected chi connectivity index (χ1v) is 5.96. The summed E-state index contributed by atoms with van der Waals surface area (Å²) in [7, 11) is 0. The lowest BCUT2D eigenvalue weighted by Crippen LogP contribution is -2.21. The number of aliphatic carboxylic acids is 1. The van der Waals surface area contributed by atoms with Crippen molar-refractivity contribution in [2.75, 3.05) is 11.9 Å². The number of nitrogens with zero attached hydrogens (tertiary/aromatic N) is 1. The van der Waals surface area contributed by atoms with E-state index in [1.807, 2.05) is 19.2 Å². The standard InChI is InChI=1S/C10H16N2O2S/c1-3-7(9(13)14)5-11-10-12-8(4-2)6-15-10/h6-7H,3-5H2,1-2H3,(H,11,12)(H,13,14). The molecule has 1 aromatic heterocycles. The molecule has 0 saturated heterocycles. The highest BCUT2D eigenvalue weighted by molar-refractivity contribution is 7.13. The van der Waals surface area contributed by atoms with E-state index in [9.17, 15) is 4.79 Å². The number of hydrogen-bond acceptors (Lipinski definition) is 4. The van der Waals surface area contributed by atoms with E-state index in [-0.39, 0.29) is 5.92 Å². The van der Waals surface area contributed by atoms with Gasteiger partial charge in [0.05, 0.1) is 11.6 Å². The smallest absolute Gasteiger partial charge is 0.308 e. The molecule has 0 fully saturated rings. The number of thiazole rings is 1. The second-order valence-electron chi connectivity index (χ2n) is 3.32. The molecule has 1 aromatic rings. The molecule has 15 heavy (non-hydrogen) atoms. The van der Waals surface area contributed by atoms with E-state index >= 15 is 0 Å². The van der Waals surface area contributed by atoms with E-state index in [1.165, 1.54) is 11.3 Å². The Kier molecular flexibility index (Phi) is 4.55. The molecule has 0 radical (unpaired) electrons. The van der Waals surface area contributed by atoms with Crippen LogP contribution in [0.5, 0.6) is 0 Å². The Labute approximate surface area is 93.4 Å². The van der Waals surface area contributed by atoms with Gasteiger partial charge in [-0.25, -0.2) is 4.98 Å². The van der Waals surface area contributed by atoms with Crippen LogP contribution in [0.3, 0.4) is 0 Å². The zero-order valence-corrected chi connectivity index (χ0v) is 9.80. The number of aryl methyl sites for hydroxylation is 1. The zero-order chi connectivity index (χ0) is 11.3. The van der Waals surface area contributed by atoms with Gasteiger partial charge in [0.25, 0.3) is 0 Å². The van der Waals surface area contributed by atoms with Gasteiger partial charge < -0.3 is 10.4 Å². The van der Waals surface area contributed by atoms with Crippen LogP contribution in [0, 0.1) is 5.92 Å². The van der Waals surface area contributed by atoms with Gasteiger partial charge in [0.15, 0.2) is 5.13 Å². The first-order chi connectivity index (χ1) is 7.17. The van der Waals surface area contributed by atoms with Gasteiger partial charge in [-0.3, -0.25) is 4.79 Å². The van der Waals surface area contributed by atoms with E-state index in [0.29, 0.717) is 13.0 Å². The molecular formula is C10H16N2O2S. The Bertz CT molecular complexity index is 325. The minimum absolute atomic E-state index is 0.334. The molecule has 0 aliphatic rings. The van der Waals surface area contributed by atoms with Gasteiger partial charge in [-0.1, -0.05) is 13.8 Å². The minimum Gasteiger partial charge on any atom is -0.481 e. The number of anilines is 1. The zero-order valence-electron chi connectivity index (χ0n) is 8.99. The molecule has 0 spiro atoms. The Balaban J connectivity index is 2.45. The summed E-state index contributed by atoms with van der Waals surface area (Å²) >= 11 is 1.52. The fourth-order valence-electron chi connectivity index (χ4n) is 1.17. The lowest BCUT2D eigenvalue weighted by molar-refractivity contribution is -0.141. The third kappa shape index (κ3) is 3.51. The van der Waals surface area contributed by atoms with Crippen molar-refractivity contribution >= 4 is 22.4 Å². The number of hydrogen-bond donors (Lipinski definition) is 2. The van der Waals surface area contributed by atoms with Crippen LogP contribution in [0.15, 0.2) is 5.38 Å². The highest BCUT2D eigenvalue weighted by atomic mass is 32.1. The molecule has 0 amide bonds. The number of nitrogens with one attached hydrogen (secondary N) is 1. The highest BCUT2D eigenvalue weighted by Crippen LogP contribution is 2.16. The average Bonchev–Trinajstić information content (AvgIpc) is 2.66. The van der Waals surface area contributed by atoms with E-state index in [0.717, 1.165) is 17.2 Å². The highest BCUT2D eigenvalue weighted by Gasteiger charge is 2.14. The van der Waals surface area contributed by atoms with E-state index in [4.69, 9.17) is 5.11 Å². The molecule has 84 valence electrons. The number of carboxylic acid groups (broad SMARTS) is 1. The van der Waals surface area contributed by atoms with Gasteiger partial charge >= 0.3 is 5.97 Å². The fourth-order valence-corrected chi connectivity index (χ4v) is 1.97. The van der Waals surface area contributed by atoms with Crippen molar-refractivity contribution < 1.29 is 9.90 Å². The molecule has 1 heterocycles. The van der Waals surface area contributed by atoms with Crippen molar-refractivity contribution in [2.45, 2.75) is 26.7 Å². The Morgan fingerprint density at radius 1 is 1.67 bits per heavy atom. The fraction of sp³-hybridized carbons (Fsp3) is 0.600. The van der Waals surface area contributed by atoms with Crippen molar-refractivity contribution in [3.63, 3.8) is 0 Å². The molecule has 0 aliphatic carbocycles. The number of aromatic nitrogens is 1. The Morgan fingerprint density at radius 2 is 2.40 bits per heavy atom. The molecule has 4 nitrogen and oxygen atoms in total. The lowest BCUT2D eigenvalue weighted by Gasteiger charge is -2.09. The molecule has 1 rings (SSSR count). The van der Waals surface area contributed by atoms with E-state index in [2.05, 4.69) is 10.3 Å². The van der Waals surface area contributed by atoms with Gasteiger partial charge in [0, 0.05) is 11.9 Å². The van der Waals surface area contributed by atoms with Gasteiger partial charge in [0.2, 0.25) is 0 Å². The van der Waals surface area contributed by atoms with Crippen LogP contribution in [-0.4, -0.2) is 22.6 Å². The van der Waals surface area contributed by atoms with Gasteiger partial charge in [-0.15, -0.1) is 11.3 Å². The van der Waals surface area contributed by atoms with Crippen LogP contribution >= 0.6 is 11.3 Å². The van der Waals surface area contributed by atoms with Crippen LogP contribution in [-0.2, 0) is 11.2 Å². The van der Waals surface area contributed by atoms with Crippen LogP contribution in [0.2, 0.25) is 0 Å². The molecular weight excluding hydrogens is 212 g/mol. The van der Waals surface area contributed by atoms with E-state index in [1.54, 1.807) is 0 Å². The summed E-state index contributed by atoms with van der Waals surface area (Å²) in [5.41, 5.74) is 1.05. The Morgan fingerprint density at radius 3 is 2.87 bits per heavy atom. The first kappa shape index (κ1) is 12.0. The van der Waals surface area contributed by atoms with Crippen molar-refractivity contribution in [1.82, 2.24) is 4.98 Å². The molecule has 0 aliphatic heterocycles. The molecule has 0 saturated carbocycles. The van der Waals surface area contributed by atoms with Crippen LogP contribution in [0.4, 0.5) is 5.13 Å². The molecule has 0 bridgehead atoms. The maximum absolute atomic E-state index is 10.8. The summed E-state index contributed by atoms with van der Waals surface area (Å²) in [5, 5.41) is 14.7. The van der Waals surface area contributed by atoms with Gasteiger partial charge in [-0.05, 0) is 12.8 Å². The lowest BCUT2D eigenvalue weighted by atomic mass is 10.1. The second-order valence-corrected chi connectivity index (χ2v) is 4.18. The van der Waals surface area contributed by atoms with Crippen molar-refractivity contribution in [1.29, 1.82) is 0 Å². The minimum atomic E-state index is -0.753. The van der Waals surface area contributed by atoms with Crippen molar-refractivity contribution in [3.05, 3.63) is 11.1 Å². The first-order valence-electron chi connectivity index (χ1n) is 5.08. The summed E-state index contributed by atoms with van der Waals surface area (Å²) in [6, 6.07) is 0. The topological polar surface area (TPSA) is 62.2 Å². The average molecular weight is 228 g/mol. The third-order valence-corrected chi connectivity index (χ3v) is 3.10. The predicted octanol–water partition coefficient (Wildman–Crippen LogP) is 2.23. The largest absolute Gasteiger partial charge is 0.481 e.